The summed E-state index contributed by atoms with van der Waals surface area (Å²) >= 11 is 0. The predicted octanol–water partition coefficient (Wildman–Crippen LogP) is 5.01. The summed E-state index contributed by atoms with van der Waals surface area (Å²) in [6.45, 7) is 16.0. The molecule has 2 heteroatoms. The van der Waals surface area contributed by atoms with Crippen LogP contribution >= 0.6 is 0 Å². The summed E-state index contributed by atoms with van der Waals surface area (Å²) < 4.78 is 0. The van der Waals surface area contributed by atoms with Crippen molar-refractivity contribution in [1.29, 1.82) is 0 Å². The fourth-order valence-corrected chi connectivity index (χ4v) is 3.40. The van der Waals surface area contributed by atoms with Gasteiger partial charge in [-0.1, -0.05) is 58.8 Å². The van der Waals surface area contributed by atoms with Gasteiger partial charge in [0.15, 0.2) is 0 Å². The van der Waals surface area contributed by atoms with E-state index in [4.69, 9.17) is 0 Å². The molecule has 0 aromatic heterocycles. The molecule has 0 aromatic rings. The lowest BCUT2D eigenvalue weighted by atomic mass is 10.2. The summed E-state index contributed by atoms with van der Waals surface area (Å²) in [7, 11) is -0.799. The van der Waals surface area contributed by atoms with E-state index in [1.165, 1.54) is 64.2 Å². The smallest absolute Gasteiger partial charge is 0.0442 e. The van der Waals surface area contributed by atoms with Gasteiger partial charge in [-0.2, -0.15) is 0 Å². The number of hydrogen-bond donors (Lipinski definition) is 0. The van der Waals surface area contributed by atoms with Gasteiger partial charge in [-0.15, -0.1) is 0 Å². The molecule has 0 unspecified atom stereocenters. The summed E-state index contributed by atoms with van der Waals surface area (Å²) in [5.74, 6) is 0. The van der Waals surface area contributed by atoms with Gasteiger partial charge in [-0.25, -0.2) is 0 Å². The quantitative estimate of drug-likeness (QED) is 0.371. The van der Waals surface area contributed by atoms with Crippen molar-refractivity contribution < 1.29 is 0 Å². The maximum absolute atomic E-state index is 2.69. The van der Waals surface area contributed by atoms with Gasteiger partial charge < -0.3 is 4.90 Å². The Bertz CT molecular complexity index is 155. The summed E-state index contributed by atoms with van der Waals surface area (Å²) in [6.07, 6.45) is 8.27. The Kier molecular flexibility index (Phi) is 10.2. The lowest BCUT2D eigenvalue weighted by molar-refractivity contribution is 0.261. The number of hydrogen-bond acceptors (Lipinski definition) is 1. The van der Waals surface area contributed by atoms with Crippen molar-refractivity contribution in [2.45, 2.75) is 78.1 Å². The number of unbranched alkanes of at least 4 members (excludes halogenated alkanes) is 3. The summed E-state index contributed by atoms with van der Waals surface area (Å²) in [5, 5.41) is 0. The van der Waals surface area contributed by atoms with E-state index in [1.807, 2.05) is 0 Å². The highest BCUT2D eigenvalue weighted by Crippen LogP contribution is 2.13. The van der Waals surface area contributed by atoms with E-state index >= 15 is 0 Å². The monoisotopic (exact) mass is 257 g/mol. The van der Waals surface area contributed by atoms with Gasteiger partial charge in [0, 0.05) is 8.07 Å². The SMILES string of the molecule is CCCCN(CCCC)CCCC[Si](C)(C)C. The van der Waals surface area contributed by atoms with E-state index in [9.17, 15) is 0 Å². The zero-order valence-corrected chi connectivity index (χ0v) is 14.0. The van der Waals surface area contributed by atoms with Crippen LogP contribution in [0.25, 0.3) is 0 Å². The van der Waals surface area contributed by atoms with Gasteiger partial charge in [0.2, 0.25) is 0 Å². The third-order valence-electron chi connectivity index (χ3n) is 3.31. The molecule has 17 heavy (non-hydrogen) atoms. The Morgan fingerprint density at radius 2 is 1.18 bits per heavy atom. The number of nitrogens with zero attached hydrogens (tertiary/aromatic N) is 1. The molecule has 0 bridgehead atoms. The molecule has 0 saturated heterocycles. The lowest BCUT2D eigenvalue weighted by Gasteiger charge is -2.23. The molecule has 0 aliphatic rings. The Balaban J connectivity index is 3.66. The first-order chi connectivity index (χ1) is 7.99. The van der Waals surface area contributed by atoms with Gasteiger partial charge in [0.1, 0.15) is 0 Å². The molecule has 0 amide bonds. The van der Waals surface area contributed by atoms with E-state index in [-0.39, 0.29) is 0 Å². The van der Waals surface area contributed by atoms with Crippen LogP contribution in [0.5, 0.6) is 0 Å². The molecule has 0 saturated carbocycles. The van der Waals surface area contributed by atoms with E-state index < -0.39 is 8.07 Å². The molecule has 104 valence electrons. The van der Waals surface area contributed by atoms with Crippen LogP contribution in [-0.4, -0.2) is 32.6 Å². The Morgan fingerprint density at radius 1 is 0.706 bits per heavy atom. The average molecular weight is 258 g/mol. The Labute approximate surface area is 111 Å². The Morgan fingerprint density at radius 3 is 1.59 bits per heavy atom. The van der Waals surface area contributed by atoms with Crippen LogP contribution in [0.2, 0.25) is 25.7 Å². The Hall–Kier alpha value is 0.177. The van der Waals surface area contributed by atoms with Gasteiger partial charge >= 0.3 is 0 Å². The zero-order chi connectivity index (χ0) is 13.1. The molecule has 0 aliphatic carbocycles. The highest BCUT2D eigenvalue weighted by molar-refractivity contribution is 6.76. The van der Waals surface area contributed by atoms with E-state index in [1.54, 1.807) is 0 Å². The van der Waals surface area contributed by atoms with Crippen molar-refractivity contribution in [3.8, 4) is 0 Å². The van der Waals surface area contributed by atoms with Gasteiger partial charge in [-0.05, 0) is 38.9 Å². The molecule has 0 atom stereocenters. The number of rotatable bonds is 11. The molecule has 0 rings (SSSR count). The van der Waals surface area contributed by atoms with Crippen molar-refractivity contribution in [2.24, 2.45) is 0 Å². The largest absolute Gasteiger partial charge is 0.303 e. The minimum atomic E-state index is -0.799. The molecule has 0 radical (unpaired) electrons. The highest BCUT2D eigenvalue weighted by Gasteiger charge is 2.12. The molecule has 0 fully saturated rings. The molecule has 0 spiro atoms. The van der Waals surface area contributed by atoms with Crippen molar-refractivity contribution in [2.75, 3.05) is 19.6 Å². The lowest BCUT2D eigenvalue weighted by Crippen LogP contribution is -2.27. The maximum atomic E-state index is 2.69. The zero-order valence-electron chi connectivity index (χ0n) is 13.0. The van der Waals surface area contributed by atoms with E-state index in [2.05, 4.69) is 38.4 Å². The minimum absolute atomic E-state index is 0.799. The van der Waals surface area contributed by atoms with Crippen LogP contribution in [0.15, 0.2) is 0 Å². The van der Waals surface area contributed by atoms with Crippen LogP contribution in [-0.2, 0) is 0 Å². The van der Waals surface area contributed by atoms with Crippen molar-refractivity contribution in [3.05, 3.63) is 0 Å². The summed E-state index contributed by atoms with van der Waals surface area (Å²) in [6, 6.07) is 1.50. The first kappa shape index (κ1) is 17.2. The minimum Gasteiger partial charge on any atom is -0.303 e. The van der Waals surface area contributed by atoms with Crippen LogP contribution in [0, 0.1) is 0 Å². The summed E-state index contributed by atoms with van der Waals surface area (Å²) in [4.78, 5) is 2.69. The van der Waals surface area contributed by atoms with Crippen LogP contribution in [0.1, 0.15) is 52.4 Å². The van der Waals surface area contributed by atoms with Crippen LogP contribution in [0.3, 0.4) is 0 Å². The third kappa shape index (κ3) is 12.4. The van der Waals surface area contributed by atoms with E-state index in [0.717, 1.165) is 0 Å². The highest BCUT2D eigenvalue weighted by atomic mass is 28.3. The fraction of sp³-hybridized carbons (Fsp3) is 1.00. The second kappa shape index (κ2) is 10.1. The molecule has 0 heterocycles. The van der Waals surface area contributed by atoms with Gasteiger partial charge in [0.25, 0.3) is 0 Å². The average Bonchev–Trinajstić information content (AvgIpc) is 2.25. The first-order valence-electron chi connectivity index (χ1n) is 7.72. The maximum Gasteiger partial charge on any atom is 0.0442 e. The van der Waals surface area contributed by atoms with Crippen LogP contribution in [0.4, 0.5) is 0 Å². The normalized spacial score (nSPS) is 12.4. The van der Waals surface area contributed by atoms with Gasteiger partial charge in [-0.3, -0.25) is 0 Å². The topological polar surface area (TPSA) is 3.24 Å². The second-order valence-electron chi connectivity index (χ2n) is 6.57. The fourth-order valence-electron chi connectivity index (χ4n) is 2.09. The van der Waals surface area contributed by atoms with Crippen molar-refractivity contribution >= 4 is 8.07 Å². The van der Waals surface area contributed by atoms with E-state index in [0.29, 0.717) is 0 Å². The standard InChI is InChI=1S/C15H35NSi/c1-6-8-12-16(13-9-7-2)14-10-11-15-17(3,4)5/h6-15H2,1-5H3. The second-order valence-corrected chi connectivity index (χ2v) is 12.2. The molecule has 1 nitrogen and oxygen atoms in total. The molecule has 0 N–H and O–H groups in total. The van der Waals surface area contributed by atoms with Crippen molar-refractivity contribution in [1.82, 2.24) is 4.90 Å². The molecule has 0 aliphatic heterocycles. The summed E-state index contributed by atoms with van der Waals surface area (Å²) in [5.41, 5.74) is 0. The molecule has 0 aromatic carbocycles. The third-order valence-corrected chi connectivity index (χ3v) is 5.16. The molecular weight excluding hydrogens is 222 g/mol. The van der Waals surface area contributed by atoms with Gasteiger partial charge in [0.05, 0.1) is 0 Å². The first-order valence-corrected chi connectivity index (χ1v) is 11.4. The van der Waals surface area contributed by atoms with Crippen LogP contribution < -0.4 is 0 Å². The predicted molar refractivity (Wildman–Crippen MR) is 83.6 cm³/mol. The van der Waals surface area contributed by atoms with Crippen molar-refractivity contribution in [3.63, 3.8) is 0 Å². The molecular formula is C15H35NSi.